The van der Waals surface area contributed by atoms with Crippen LogP contribution in [0.4, 0.5) is 4.79 Å². The first-order valence-electron chi connectivity index (χ1n) is 28.9. The van der Waals surface area contributed by atoms with Gasteiger partial charge in [0.05, 0.1) is 29.5 Å². The van der Waals surface area contributed by atoms with Crippen molar-refractivity contribution in [1.29, 1.82) is 0 Å². The molecule has 2 unspecified atom stereocenters. The van der Waals surface area contributed by atoms with Crippen molar-refractivity contribution in [3.8, 4) is 0 Å². The number of rotatable bonds is 20. The second-order valence-electron chi connectivity index (χ2n) is 23.3. The Balaban J connectivity index is 1.12. The number of esters is 6. The van der Waals surface area contributed by atoms with Gasteiger partial charge < -0.3 is 58.7 Å². The maximum Gasteiger partial charge on any atom is 0.408 e. The van der Waals surface area contributed by atoms with Crippen molar-refractivity contribution in [1.82, 2.24) is 10.6 Å². The number of ether oxygens (including phenoxy) is 8. The van der Waals surface area contributed by atoms with Gasteiger partial charge in [-0.3, -0.25) is 24.0 Å². The Kier molecular flexibility index (Phi) is 19.1. The molecule has 9 rings (SSSR count). The molecule has 5 aromatic rings. The Morgan fingerprint density at radius 2 is 1.24 bits per heavy atom. The Hall–Kier alpha value is -9.05. The highest BCUT2D eigenvalue weighted by Gasteiger charge is 2.79. The number of Topliss-reactive ketones (excluding diaryl/α,β-unsaturated/α-hetero) is 1. The molecule has 2 bridgehead atoms. The lowest BCUT2D eigenvalue weighted by atomic mass is 9.45. The molecule has 1 heterocycles. The molecule has 2 amide bonds. The zero-order valence-electron chi connectivity index (χ0n) is 49.4. The Morgan fingerprint density at radius 1 is 0.682 bits per heavy atom. The number of aliphatic hydroxyl groups is 2. The summed E-state index contributed by atoms with van der Waals surface area (Å²) in [6.07, 6.45) is -11.7. The number of aliphatic hydroxyl groups excluding tert-OH is 1. The smallest absolute Gasteiger partial charge is 0.408 e. The van der Waals surface area contributed by atoms with E-state index in [2.05, 4.69) is 10.6 Å². The van der Waals surface area contributed by atoms with Gasteiger partial charge in [0.15, 0.2) is 17.5 Å². The highest BCUT2D eigenvalue weighted by Crippen LogP contribution is 2.65. The van der Waals surface area contributed by atoms with Crippen molar-refractivity contribution in [2.75, 3.05) is 6.61 Å². The molecule has 4 N–H and O–H groups in total. The van der Waals surface area contributed by atoms with Gasteiger partial charge in [-0.1, -0.05) is 148 Å². The highest BCUT2D eigenvalue weighted by atomic mass is 16.6. The van der Waals surface area contributed by atoms with Crippen LogP contribution >= 0.6 is 0 Å². The van der Waals surface area contributed by atoms with Gasteiger partial charge in [0.25, 0.3) is 5.91 Å². The monoisotopic (exact) mass is 1210 g/mol. The second kappa shape index (κ2) is 26.5. The predicted octanol–water partition coefficient (Wildman–Crippen LogP) is 7.31. The molecule has 0 spiro atoms. The molecule has 12 atom stereocenters. The number of hydrogen-bond acceptors (Lipinski definition) is 19. The van der Waals surface area contributed by atoms with Gasteiger partial charge in [-0.15, -0.1) is 0 Å². The van der Waals surface area contributed by atoms with Crippen LogP contribution in [-0.2, 0) is 79.9 Å². The van der Waals surface area contributed by atoms with Crippen LogP contribution in [0.25, 0.3) is 0 Å². The number of carbonyl (C=O) groups excluding carboxylic acids is 9. The fourth-order valence-corrected chi connectivity index (χ4v) is 12.8. The molecular weight excluding hydrogens is 1140 g/mol. The van der Waals surface area contributed by atoms with Crippen molar-refractivity contribution in [3.05, 3.63) is 191 Å². The largest absolute Gasteiger partial charge is 0.461 e. The van der Waals surface area contributed by atoms with Gasteiger partial charge >= 0.3 is 41.9 Å². The normalized spacial score (nSPS) is 25.9. The SMILES string of the molecule is CC(=O)OC1=C2C(C)[C@@H](OC(=O)[C@H](O)[C@@H](NC(=O)c3ccccc3)c3ccccc3)C[C@@](O)([C@@H](OC(=O)c3ccccc3)[C@@H]3[C@]4(OC(C)=O)CO[C@@H]4C[C@H](OC(=O)CCC(NC(=O)OCc4ccccc4)C(=O)OCc4ccccc4)[C@@]3(C)C1=O)C2(C)C. The van der Waals surface area contributed by atoms with Crippen molar-refractivity contribution in [2.45, 2.75) is 134 Å². The molecule has 21 heteroatoms. The van der Waals surface area contributed by atoms with Gasteiger partial charge in [-0.25, -0.2) is 19.2 Å². The molecule has 462 valence electrons. The number of nitrogens with one attached hydrogen (secondary N) is 2. The van der Waals surface area contributed by atoms with E-state index in [1.165, 1.54) is 39.8 Å². The Morgan fingerprint density at radius 3 is 1.80 bits per heavy atom. The van der Waals surface area contributed by atoms with E-state index in [0.29, 0.717) is 16.7 Å². The van der Waals surface area contributed by atoms with Gasteiger partial charge in [0, 0.05) is 50.0 Å². The molecule has 3 aliphatic carbocycles. The van der Waals surface area contributed by atoms with Gasteiger partial charge in [0.1, 0.15) is 49.3 Å². The Labute approximate surface area is 507 Å². The van der Waals surface area contributed by atoms with Crippen molar-refractivity contribution < 1.29 is 91.3 Å². The minimum absolute atomic E-state index is 0.0220. The van der Waals surface area contributed by atoms with E-state index in [1.807, 2.05) is 0 Å². The standard InChI is InChI=1S/C67H70N2O19/c1-39-48(85-62(78)54(73)53(44-26-16-9-17-27-44)69-59(75)45-28-18-10-19-29-45)35-67(80)58(87-60(76)46-30-20-11-21-31-46)56-65(6,57(74)55(84-40(2)70)52(39)64(67,4)5)49(34-50-66(56,38-83-50)88-41(3)71)86-51(72)33-32-47(61(77)81-36-42-22-12-7-13-23-42)68-63(79)82-37-43-24-14-8-15-25-43/h7-31,39,47-50,53-54,56,58,73,80H,32-38H2,1-6H3,(H,68,79)(H,69,75)/t39?,47?,48-,49-,50+,53-,54+,56-,58-,65+,66-,67+/m0/s1. The lowest BCUT2D eigenvalue weighted by Crippen LogP contribution is -2.81. The van der Waals surface area contributed by atoms with Crippen LogP contribution in [0, 0.1) is 22.7 Å². The minimum Gasteiger partial charge on any atom is -0.461 e. The molecule has 4 aliphatic rings. The molecule has 0 radical (unpaired) electrons. The van der Waals surface area contributed by atoms with Crippen LogP contribution in [0.5, 0.6) is 0 Å². The number of benzene rings is 5. The first kappa shape index (κ1) is 63.5. The van der Waals surface area contributed by atoms with E-state index in [9.17, 15) is 48.6 Å². The van der Waals surface area contributed by atoms with Crippen molar-refractivity contribution in [3.63, 3.8) is 0 Å². The first-order chi connectivity index (χ1) is 42.0. The summed E-state index contributed by atoms with van der Waals surface area (Å²) >= 11 is 0. The average Bonchev–Trinajstić information content (AvgIpc) is 0.674. The summed E-state index contributed by atoms with van der Waals surface area (Å²) in [5.74, 6) is -11.5. The first-order valence-corrected chi connectivity index (χ1v) is 28.9. The third-order valence-corrected chi connectivity index (χ3v) is 17.4. The molecule has 1 saturated heterocycles. The molecule has 0 aromatic heterocycles. The van der Waals surface area contributed by atoms with Crippen LogP contribution in [0.2, 0.25) is 0 Å². The van der Waals surface area contributed by atoms with Gasteiger partial charge in [-0.05, 0) is 59.9 Å². The van der Waals surface area contributed by atoms with E-state index in [4.69, 9.17) is 37.9 Å². The zero-order valence-corrected chi connectivity index (χ0v) is 49.4. The molecule has 88 heavy (non-hydrogen) atoms. The minimum atomic E-state index is -2.58. The maximum absolute atomic E-state index is 16.5. The van der Waals surface area contributed by atoms with E-state index in [1.54, 1.807) is 140 Å². The zero-order chi connectivity index (χ0) is 63.1. The van der Waals surface area contributed by atoms with Crippen LogP contribution in [0.1, 0.15) is 111 Å². The third kappa shape index (κ3) is 13.0. The lowest BCUT2D eigenvalue weighted by Gasteiger charge is -2.67. The third-order valence-electron chi connectivity index (χ3n) is 17.4. The number of amides is 2. The highest BCUT2D eigenvalue weighted by molar-refractivity contribution is 6.02. The van der Waals surface area contributed by atoms with E-state index in [-0.39, 0.29) is 36.3 Å². The summed E-state index contributed by atoms with van der Waals surface area (Å²) in [7, 11) is 0. The predicted molar refractivity (Wildman–Crippen MR) is 310 cm³/mol. The fourth-order valence-electron chi connectivity index (χ4n) is 12.8. The number of ketones is 1. The quantitative estimate of drug-likeness (QED) is 0.0439. The number of fused-ring (bicyclic) bond motifs is 5. The molecular formula is C67H70N2O19. The summed E-state index contributed by atoms with van der Waals surface area (Å²) in [5.41, 5.74) is -7.08. The van der Waals surface area contributed by atoms with E-state index in [0.717, 1.165) is 13.8 Å². The molecule has 1 aliphatic heterocycles. The number of alkyl carbamates (subject to hydrolysis) is 1. The van der Waals surface area contributed by atoms with Crippen LogP contribution in [0.3, 0.4) is 0 Å². The summed E-state index contributed by atoms with van der Waals surface area (Å²) < 4.78 is 48.7. The summed E-state index contributed by atoms with van der Waals surface area (Å²) in [6.45, 7) is 7.23. The summed E-state index contributed by atoms with van der Waals surface area (Å²) in [6, 6.07) is 38.4. The second-order valence-corrected chi connectivity index (χ2v) is 23.3. The fraction of sp³-hybridized carbons (Fsp3) is 0.388. The molecule has 3 fully saturated rings. The molecule has 21 nitrogen and oxygen atoms in total. The average molecular weight is 1210 g/mol. The molecule has 5 aromatic carbocycles. The molecule has 2 saturated carbocycles. The summed E-state index contributed by atoms with van der Waals surface area (Å²) in [4.78, 5) is 129. The number of allylic oxidation sites excluding steroid dienone is 1. The summed E-state index contributed by atoms with van der Waals surface area (Å²) in [5, 5.41) is 31.5. The maximum atomic E-state index is 16.5. The van der Waals surface area contributed by atoms with Crippen molar-refractivity contribution in [2.24, 2.45) is 22.7 Å². The number of carbonyl (C=O) groups is 9. The van der Waals surface area contributed by atoms with E-state index < -0.39 is 162 Å². The van der Waals surface area contributed by atoms with Crippen LogP contribution < -0.4 is 10.6 Å². The van der Waals surface area contributed by atoms with Gasteiger partial charge in [-0.2, -0.15) is 0 Å². The lowest BCUT2D eigenvalue weighted by molar-refractivity contribution is -0.346. The van der Waals surface area contributed by atoms with Gasteiger partial charge in [0.2, 0.25) is 5.78 Å². The van der Waals surface area contributed by atoms with Crippen LogP contribution in [-0.4, -0.2) is 118 Å². The Bertz CT molecular complexity index is 3440. The van der Waals surface area contributed by atoms with Crippen molar-refractivity contribution >= 4 is 53.6 Å². The van der Waals surface area contributed by atoms with Crippen LogP contribution in [0.15, 0.2) is 163 Å². The topological polar surface area (TPSA) is 292 Å². The number of hydrogen-bond donors (Lipinski definition) is 4. The van der Waals surface area contributed by atoms with E-state index >= 15 is 4.79 Å².